The summed E-state index contributed by atoms with van der Waals surface area (Å²) in [5.41, 5.74) is 4.86. The van der Waals surface area contributed by atoms with Crippen molar-refractivity contribution in [2.45, 2.75) is 19.9 Å². The molecule has 0 atom stereocenters. The Balaban J connectivity index is 1.60. The molecule has 1 aliphatic heterocycles. The zero-order valence-corrected chi connectivity index (χ0v) is 13.7. The van der Waals surface area contributed by atoms with Gasteiger partial charge >= 0.3 is 0 Å². The van der Waals surface area contributed by atoms with Crippen LogP contribution in [0.5, 0.6) is 0 Å². The minimum absolute atomic E-state index is 0.0355. The zero-order chi connectivity index (χ0) is 17.4. The van der Waals surface area contributed by atoms with E-state index in [9.17, 15) is 9.59 Å². The van der Waals surface area contributed by atoms with Crippen LogP contribution in [0.1, 0.15) is 28.4 Å². The summed E-state index contributed by atoms with van der Waals surface area (Å²) >= 11 is 0. The fourth-order valence-corrected chi connectivity index (χ4v) is 3.17. The number of carbonyl (C=O) groups is 2. The van der Waals surface area contributed by atoms with E-state index in [-0.39, 0.29) is 11.8 Å². The zero-order valence-electron chi connectivity index (χ0n) is 13.7. The molecule has 7 heteroatoms. The lowest BCUT2D eigenvalue weighted by Gasteiger charge is -2.28. The molecule has 0 fully saturated rings. The molecule has 0 aliphatic carbocycles. The fourth-order valence-electron chi connectivity index (χ4n) is 3.17. The summed E-state index contributed by atoms with van der Waals surface area (Å²) in [6.07, 6.45) is 5.60. The van der Waals surface area contributed by atoms with Gasteiger partial charge in [-0.1, -0.05) is 0 Å². The molecule has 7 nitrogen and oxygen atoms in total. The van der Waals surface area contributed by atoms with Crippen LogP contribution in [0.25, 0.3) is 11.0 Å². The van der Waals surface area contributed by atoms with Gasteiger partial charge in [0.2, 0.25) is 5.91 Å². The van der Waals surface area contributed by atoms with E-state index in [4.69, 9.17) is 0 Å². The number of hydrogen-bond donors (Lipinski definition) is 2. The molecule has 25 heavy (non-hydrogen) atoms. The van der Waals surface area contributed by atoms with Crippen molar-refractivity contribution < 1.29 is 9.59 Å². The highest BCUT2D eigenvalue weighted by Gasteiger charge is 2.23. The average molecular weight is 335 g/mol. The van der Waals surface area contributed by atoms with Crippen LogP contribution in [0.2, 0.25) is 0 Å². The van der Waals surface area contributed by atoms with E-state index in [1.165, 1.54) is 0 Å². The SMILES string of the molecule is CC(=O)N1CCc2c(cncc2C(=O)Nc2ccc3nc[nH]c3c2)C1. The highest BCUT2D eigenvalue weighted by Crippen LogP contribution is 2.23. The summed E-state index contributed by atoms with van der Waals surface area (Å²) in [5.74, 6) is -0.159. The van der Waals surface area contributed by atoms with Crippen LogP contribution in [0.15, 0.2) is 36.9 Å². The van der Waals surface area contributed by atoms with Crippen molar-refractivity contribution in [2.24, 2.45) is 0 Å². The highest BCUT2D eigenvalue weighted by atomic mass is 16.2. The molecule has 4 rings (SSSR count). The van der Waals surface area contributed by atoms with E-state index >= 15 is 0 Å². The Morgan fingerprint density at radius 3 is 3.00 bits per heavy atom. The van der Waals surface area contributed by atoms with E-state index in [2.05, 4.69) is 20.3 Å². The highest BCUT2D eigenvalue weighted by molar-refractivity contribution is 6.06. The van der Waals surface area contributed by atoms with Crippen molar-refractivity contribution in [2.75, 3.05) is 11.9 Å². The number of aromatic amines is 1. The first-order valence-corrected chi connectivity index (χ1v) is 8.07. The largest absolute Gasteiger partial charge is 0.345 e. The fraction of sp³-hybridized carbons (Fsp3) is 0.222. The second-order valence-corrected chi connectivity index (χ2v) is 6.10. The summed E-state index contributed by atoms with van der Waals surface area (Å²) in [6, 6.07) is 5.52. The number of carbonyl (C=O) groups excluding carboxylic acids is 2. The van der Waals surface area contributed by atoms with Gasteiger partial charge in [-0.05, 0) is 35.7 Å². The Kier molecular flexibility index (Phi) is 3.68. The molecule has 1 aromatic carbocycles. The first kappa shape index (κ1) is 15.3. The van der Waals surface area contributed by atoms with Crippen LogP contribution in [-0.2, 0) is 17.8 Å². The predicted molar refractivity (Wildman–Crippen MR) is 93.1 cm³/mol. The maximum Gasteiger partial charge on any atom is 0.257 e. The molecule has 0 bridgehead atoms. The van der Waals surface area contributed by atoms with Gasteiger partial charge in [-0.25, -0.2) is 4.98 Å². The Bertz CT molecular complexity index is 979. The molecule has 2 N–H and O–H groups in total. The Hall–Kier alpha value is -3.22. The number of nitrogens with one attached hydrogen (secondary N) is 2. The molecule has 0 spiro atoms. The number of H-pyrrole nitrogens is 1. The third kappa shape index (κ3) is 2.84. The van der Waals surface area contributed by atoms with Crippen molar-refractivity contribution >= 4 is 28.5 Å². The molecule has 0 radical (unpaired) electrons. The van der Waals surface area contributed by atoms with Gasteiger partial charge in [-0.15, -0.1) is 0 Å². The molecule has 0 saturated heterocycles. The standard InChI is InChI=1S/C18H17N5O2/c1-11(24)23-5-4-14-12(9-23)7-19-8-15(14)18(25)22-13-2-3-16-17(6-13)21-10-20-16/h2-3,6-8,10H,4-5,9H2,1H3,(H,20,21)(H,22,25). The molecule has 2 aromatic heterocycles. The summed E-state index contributed by atoms with van der Waals surface area (Å²) < 4.78 is 0. The maximum atomic E-state index is 12.7. The van der Waals surface area contributed by atoms with Crippen LogP contribution in [0.3, 0.4) is 0 Å². The predicted octanol–water partition coefficient (Wildman–Crippen LogP) is 2.11. The molecular formula is C18H17N5O2. The lowest BCUT2D eigenvalue weighted by atomic mass is 9.96. The molecule has 0 unspecified atom stereocenters. The smallest absolute Gasteiger partial charge is 0.257 e. The van der Waals surface area contributed by atoms with Crippen LogP contribution >= 0.6 is 0 Å². The summed E-state index contributed by atoms with van der Waals surface area (Å²) in [4.78, 5) is 37.4. The number of rotatable bonds is 2. The molecule has 2 amide bonds. The van der Waals surface area contributed by atoms with Crippen molar-refractivity contribution in [1.82, 2.24) is 19.9 Å². The van der Waals surface area contributed by atoms with Crippen LogP contribution < -0.4 is 5.32 Å². The van der Waals surface area contributed by atoms with Gasteiger partial charge in [-0.2, -0.15) is 0 Å². The number of hydrogen-bond acceptors (Lipinski definition) is 4. The lowest BCUT2D eigenvalue weighted by Crippen LogP contribution is -2.35. The van der Waals surface area contributed by atoms with E-state index in [0.717, 1.165) is 22.2 Å². The Morgan fingerprint density at radius 2 is 2.16 bits per heavy atom. The van der Waals surface area contributed by atoms with E-state index < -0.39 is 0 Å². The van der Waals surface area contributed by atoms with Gasteiger partial charge < -0.3 is 15.2 Å². The summed E-state index contributed by atoms with van der Waals surface area (Å²) in [6.45, 7) is 2.67. The lowest BCUT2D eigenvalue weighted by molar-refractivity contribution is -0.129. The minimum atomic E-state index is -0.195. The topological polar surface area (TPSA) is 91.0 Å². The maximum absolute atomic E-state index is 12.7. The number of imidazole rings is 1. The Labute approximate surface area is 144 Å². The van der Waals surface area contributed by atoms with Crippen molar-refractivity contribution in [1.29, 1.82) is 0 Å². The average Bonchev–Trinajstić information content (AvgIpc) is 3.08. The number of benzene rings is 1. The molecule has 1 aliphatic rings. The normalized spacial score (nSPS) is 13.6. The quantitative estimate of drug-likeness (QED) is 0.750. The number of pyridine rings is 1. The van der Waals surface area contributed by atoms with Crippen molar-refractivity contribution in [3.63, 3.8) is 0 Å². The van der Waals surface area contributed by atoms with E-state index in [0.29, 0.717) is 30.8 Å². The van der Waals surface area contributed by atoms with Crippen molar-refractivity contribution in [3.8, 4) is 0 Å². The number of aromatic nitrogens is 3. The number of nitrogens with zero attached hydrogens (tertiary/aromatic N) is 3. The molecule has 0 saturated carbocycles. The first-order valence-electron chi connectivity index (χ1n) is 8.07. The Morgan fingerprint density at radius 1 is 1.28 bits per heavy atom. The number of fused-ring (bicyclic) bond motifs is 2. The second-order valence-electron chi connectivity index (χ2n) is 6.10. The molecule has 126 valence electrons. The van der Waals surface area contributed by atoms with Gasteiger partial charge in [0, 0.05) is 38.1 Å². The minimum Gasteiger partial charge on any atom is -0.345 e. The van der Waals surface area contributed by atoms with Gasteiger partial charge in [0.25, 0.3) is 5.91 Å². The van der Waals surface area contributed by atoms with E-state index in [1.54, 1.807) is 30.5 Å². The third-order valence-electron chi connectivity index (χ3n) is 4.51. The van der Waals surface area contributed by atoms with Gasteiger partial charge in [0.1, 0.15) is 0 Å². The third-order valence-corrected chi connectivity index (χ3v) is 4.51. The van der Waals surface area contributed by atoms with Crippen LogP contribution in [0.4, 0.5) is 5.69 Å². The van der Waals surface area contributed by atoms with Crippen LogP contribution in [-0.4, -0.2) is 38.2 Å². The number of amides is 2. The number of anilines is 1. The van der Waals surface area contributed by atoms with Crippen LogP contribution in [0, 0.1) is 0 Å². The second kappa shape index (κ2) is 6.01. The molecule has 3 aromatic rings. The van der Waals surface area contributed by atoms with Gasteiger partial charge in [0.15, 0.2) is 0 Å². The van der Waals surface area contributed by atoms with Gasteiger partial charge in [0.05, 0.1) is 22.9 Å². The summed E-state index contributed by atoms with van der Waals surface area (Å²) in [5, 5.41) is 2.92. The van der Waals surface area contributed by atoms with Gasteiger partial charge in [-0.3, -0.25) is 14.6 Å². The molecular weight excluding hydrogens is 318 g/mol. The molecule has 3 heterocycles. The first-order chi connectivity index (χ1) is 12.1. The summed E-state index contributed by atoms with van der Waals surface area (Å²) in [7, 11) is 0. The van der Waals surface area contributed by atoms with E-state index in [1.807, 2.05) is 18.2 Å². The monoisotopic (exact) mass is 335 g/mol. The van der Waals surface area contributed by atoms with Crippen molar-refractivity contribution in [3.05, 3.63) is 53.6 Å².